The van der Waals surface area contributed by atoms with Crippen LogP contribution in [0.25, 0.3) is 0 Å². The Morgan fingerprint density at radius 1 is 1.41 bits per heavy atom. The smallest absolute Gasteiger partial charge is 0.341 e. The van der Waals surface area contributed by atoms with Crippen molar-refractivity contribution in [2.75, 3.05) is 32.1 Å². The fourth-order valence-corrected chi connectivity index (χ4v) is 3.84. The first-order valence-corrected chi connectivity index (χ1v) is 9.95. The summed E-state index contributed by atoms with van der Waals surface area (Å²) in [4.78, 5) is 18.3. The number of halogens is 2. The second kappa shape index (κ2) is 10.9. The van der Waals surface area contributed by atoms with Crippen LogP contribution in [-0.4, -0.2) is 45.2 Å². The van der Waals surface area contributed by atoms with Crippen LogP contribution >= 0.6 is 39.9 Å². The van der Waals surface area contributed by atoms with Crippen molar-refractivity contribution >= 4 is 57.5 Å². The summed E-state index contributed by atoms with van der Waals surface area (Å²) in [6.07, 6.45) is 1.02. The number of benzene rings is 1. The Bertz CT molecular complexity index is 871. The van der Waals surface area contributed by atoms with Gasteiger partial charge in [-0.05, 0) is 47.5 Å². The average Bonchev–Trinajstić information content (AvgIpc) is 3.31. The minimum Gasteiger partial charge on any atom is -0.465 e. The predicted octanol–water partition coefficient (Wildman–Crippen LogP) is 3.70. The third kappa shape index (κ3) is 5.88. The highest BCUT2D eigenvalue weighted by atomic mass is 127. The SMILES string of the molecule is CN=C(NCc1cc(C(=O)OC)c(C)o1)NC1CCN(c2ccccc2Br)C1.I. The first kappa shape index (κ1) is 23.5. The van der Waals surface area contributed by atoms with E-state index in [2.05, 4.69) is 54.7 Å². The molecule has 3 rings (SSSR count). The Morgan fingerprint density at radius 2 is 2.17 bits per heavy atom. The number of rotatable bonds is 5. The fourth-order valence-electron chi connectivity index (χ4n) is 3.31. The fraction of sp³-hybridized carbons (Fsp3) is 0.400. The maximum Gasteiger partial charge on any atom is 0.341 e. The second-order valence-electron chi connectivity index (χ2n) is 6.63. The zero-order chi connectivity index (χ0) is 20.1. The van der Waals surface area contributed by atoms with Crippen molar-refractivity contribution in [3.8, 4) is 0 Å². The number of esters is 1. The van der Waals surface area contributed by atoms with E-state index in [1.54, 1.807) is 20.0 Å². The molecule has 1 fully saturated rings. The molecule has 9 heteroatoms. The molecule has 29 heavy (non-hydrogen) atoms. The molecule has 1 aromatic heterocycles. The number of methoxy groups -OCH3 is 1. The third-order valence-electron chi connectivity index (χ3n) is 4.75. The summed E-state index contributed by atoms with van der Waals surface area (Å²) in [5.74, 6) is 1.51. The summed E-state index contributed by atoms with van der Waals surface area (Å²) < 4.78 is 11.5. The van der Waals surface area contributed by atoms with Crippen LogP contribution in [0.5, 0.6) is 0 Å². The molecular weight excluding hydrogens is 551 g/mol. The lowest BCUT2D eigenvalue weighted by Gasteiger charge is -2.21. The Morgan fingerprint density at radius 3 is 2.86 bits per heavy atom. The number of para-hydroxylation sites is 1. The number of aliphatic imine (C=N–C) groups is 1. The van der Waals surface area contributed by atoms with E-state index in [0.29, 0.717) is 35.6 Å². The van der Waals surface area contributed by atoms with E-state index in [9.17, 15) is 4.79 Å². The van der Waals surface area contributed by atoms with Crippen LogP contribution in [0.3, 0.4) is 0 Å². The minimum atomic E-state index is -0.395. The summed E-state index contributed by atoms with van der Waals surface area (Å²) in [5.41, 5.74) is 1.65. The van der Waals surface area contributed by atoms with Crippen LogP contribution in [0.15, 0.2) is 44.2 Å². The third-order valence-corrected chi connectivity index (χ3v) is 5.42. The van der Waals surface area contributed by atoms with Crippen molar-refractivity contribution in [2.45, 2.75) is 25.9 Å². The molecule has 2 aromatic rings. The van der Waals surface area contributed by atoms with Gasteiger partial charge in [0.05, 0.1) is 19.3 Å². The summed E-state index contributed by atoms with van der Waals surface area (Å²) in [7, 11) is 3.10. The summed E-state index contributed by atoms with van der Waals surface area (Å²) in [6.45, 7) is 4.06. The molecule has 1 atom stereocenters. The molecular formula is C20H26BrIN4O3. The Kier molecular flexibility index (Phi) is 8.81. The molecule has 0 spiro atoms. The van der Waals surface area contributed by atoms with E-state index < -0.39 is 5.97 Å². The topological polar surface area (TPSA) is 79.1 Å². The quantitative estimate of drug-likeness (QED) is 0.245. The maximum absolute atomic E-state index is 11.7. The first-order chi connectivity index (χ1) is 13.5. The van der Waals surface area contributed by atoms with E-state index in [4.69, 9.17) is 9.15 Å². The van der Waals surface area contributed by atoms with Gasteiger partial charge in [-0.1, -0.05) is 12.1 Å². The normalized spacial score (nSPS) is 16.3. The summed E-state index contributed by atoms with van der Waals surface area (Å²) in [6, 6.07) is 10.2. The molecule has 1 aliphatic rings. The highest BCUT2D eigenvalue weighted by Gasteiger charge is 2.24. The Labute approximate surface area is 196 Å². The summed E-state index contributed by atoms with van der Waals surface area (Å²) >= 11 is 3.62. The van der Waals surface area contributed by atoms with Gasteiger partial charge in [0.15, 0.2) is 5.96 Å². The Hall–Kier alpha value is -1.75. The number of hydrogen-bond donors (Lipinski definition) is 2. The molecule has 0 bridgehead atoms. The van der Waals surface area contributed by atoms with Gasteiger partial charge in [-0.25, -0.2) is 4.79 Å². The maximum atomic E-state index is 11.7. The minimum absolute atomic E-state index is 0. The van der Waals surface area contributed by atoms with Crippen molar-refractivity contribution in [1.82, 2.24) is 10.6 Å². The van der Waals surface area contributed by atoms with E-state index in [-0.39, 0.29) is 24.0 Å². The average molecular weight is 577 g/mol. The van der Waals surface area contributed by atoms with Crippen molar-refractivity contribution < 1.29 is 13.9 Å². The van der Waals surface area contributed by atoms with Crippen molar-refractivity contribution in [2.24, 2.45) is 4.99 Å². The van der Waals surface area contributed by atoms with E-state index in [1.807, 2.05) is 6.07 Å². The summed E-state index contributed by atoms with van der Waals surface area (Å²) in [5, 5.41) is 6.70. The number of carbonyl (C=O) groups is 1. The molecule has 1 saturated heterocycles. The first-order valence-electron chi connectivity index (χ1n) is 9.16. The molecule has 2 heterocycles. The monoisotopic (exact) mass is 576 g/mol. The van der Waals surface area contributed by atoms with E-state index in [1.165, 1.54) is 12.8 Å². The van der Waals surface area contributed by atoms with Crippen LogP contribution in [0, 0.1) is 6.92 Å². The zero-order valence-corrected chi connectivity index (χ0v) is 20.6. The molecule has 7 nitrogen and oxygen atoms in total. The molecule has 1 aromatic carbocycles. The lowest BCUT2D eigenvalue weighted by Crippen LogP contribution is -2.44. The predicted molar refractivity (Wildman–Crippen MR) is 128 cm³/mol. The molecule has 0 aliphatic carbocycles. The number of ether oxygens (including phenoxy) is 1. The lowest BCUT2D eigenvalue weighted by molar-refractivity contribution is 0.0599. The molecule has 0 amide bonds. The number of guanidine groups is 1. The lowest BCUT2D eigenvalue weighted by atomic mass is 10.2. The molecule has 0 radical (unpaired) electrons. The van der Waals surface area contributed by atoms with Crippen molar-refractivity contribution in [3.63, 3.8) is 0 Å². The Balaban J connectivity index is 0.00000300. The van der Waals surface area contributed by atoms with Gasteiger partial charge in [-0.3, -0.25) is 4.99 Å². The number of furan rings is 1. The zero-order valence-electron chi connectivity index (χ0n) is 16.7. The van der Waals surface area contributed by atoms with Gasteiger partial charge in [0.2, 0.25) is 0 Å². The van der Waals surface area contributed by atoms with E-state index >= 15 is 0 Å². The molecule has 2 N–H and O–H groups in total. The van der Waals surface area contributed by atoms with Crippen LogP contribution in [0.2, 0.25) is 0 Å². The van der Waals surface area contributed by atoms with Gasteiger partial charge in [-0.15, -0.1) is 24.0 Å². The largest absolute Gasteiger partial charge is 0.465 e. The highest BCUT2D eigenvalue weighted by molar-refractivity contribution is 14.0. The highest BCUT2D eigenvalue weighted by Crippen LogP contribution is 2.28. The van der Waals surface area contributed by atoms with Gasteiger partial charge in [0.1, 0.15) is 17.1 Å². The number of hydrogen-bond acceptors (Lipinski definition) is 5. The number of nitrogens with zero attached hydrogens (tertiary/aromatic N) is 2. The van der Waals surface area contributed by atoms with Gasteiger partial charge in [0.25, 0.3) is 0 Å². The molecule has 158 valence electrons. The molecule has 1 unspecified atom stereocenters. The number of aryl methyl sites for hydroxylation is 1. The second-order valence-corrected chi connectivity index (χ2v) is 7.48. The van der Waals surface area contributed by atoms with Crippen LogP contribution < -0.4 is 15.5 Å². The van der Waals surface area contributed by atoms with Crippen LogP contribution in [0.4, 0.5) is 5.69 Å². The number of anilines is 1. The van der Waals surface area contributed by atoms with Crippen molar-refractivity contribution in [3.05, 3.63) is 51.9 Å². The molecule has 0 saturated carbocycles. The van der Waals surface area contributed by atoms with E-state index in [0.717, 1.165) is 24.0 Å². The number of nitrogens with one attached hydrogen (secondary N) is 2. The standard InChI is InChI=1S/C20H25BrN4O3.HI/c1-13-16(19(26)27-3)10-15(28-13)11-23-20(22-2)24-14-8-9-25(12-14)18-7-5-4-6-17(18)21;/h4-7,10,14H,8-9,11-12H2,1-3H3,(H2,22,23,24);1H. The van der Waals surface area contributed by atoms with Crippen LogP contribution in [-0.2, 0) is 11.3 Å². The van der Waals surface area contributed by atoms with Gasteiger partial charge >= 0.3 is 5.97 Å². The van der Waals surface area contributed by atoms with Crippen molar-refractivity contribution in [1.29, 1.82) is 0 Å². The number of carbonyl (C=O) groups excluding carboxylic acids is 1. The molecule has 1 aliphatic heterocycles. The van der Waals surface area contributed by atoms with Gasteiger partial charge in [-0.2, -0.15) is 0 Å². The van der Waals surface area contributed by atoms with Gasteiger partial charge < -0.3 is 24.7 Å². The van der Waals surface area contributed by atoms with Crippen LogP contribution in [0.1, 0.15) is 28.3 Å². The van der Waals surface area contributed by atoms with Gasteiger partial charge in [0, 0.05) is 30.7 Å².